The molecule has 6 heteroatoms. The molecule has 0 aliphatic carbocycles. The van der Waals surface area contributed by atoms with Gasteiger partial charge in [-0.25, -0.2) is 9.86 Å². The number of carbonyl (C=O) groups is 2. The summed E-state index contributed by atoms with van der Waals surface area (Å²) in [6.45, 7) is 3.05. The zero-order valence-electron chi connectivity index (χ0n) is 7.43. The molecule has 0 aromatic carbocycles. The van der Waals surface area contributed by atoms with Gasteiger partial charge < -0.3 is 10.8 Å². The minimum absolute atomic E-state index is 0.255. The van der Waals surface area contributed by atoms with Crippen molar-refractivity contribution in [1.82, 2.24) is 5.06 Å². The Bertz CT molecular complexity index is 243. The Hall–Kier alpha value is -1.14. The largest absolute Gasteiger partial charge is 0.479 e. The molecule has 0 aromatic heterocycles. The van der Waals surface area contributed by atoms with E-state index in [2.05, 4.69) is 0 Å². The lowest BCUT2D eigenvalue weighted by Crippen LogP contribution is -2.67. The average Bonchev–Trinajstić information content (AvgIpc) is 2.11. The number of rotatable bonds is 3. The lowest BCUT2D eigenvalue weighted by Gasteiger charge is -2.42. The third-order valence-corrected chi connectivity index (χ3v) is 2.01. The van der Waals surface area contributed by atoms with Crippen molar-refractivity contribution in [2.75, 3.05) is 0 Å². The molecule has 1 aliphatic rings. The first-order valence-electron chi connectivity index (χ1n) is 3.93. The smallest absolute Gasteiger partial charge is 0.335 e. The standard InChI is InChI=1S/C7H12N2O4/c1-3-5(8)6(10)9(3)13-4(2)7(11)12/h3-5H,8H2,1-2H3,(H,11,12)/t3-,4-,5-/m0/s1. The van der Waals surface area contributed by atoms with E-state index in [9.17, 15) is 9.59 Å². The van der Waals surface area contributed by atoms with Crippen molar-refractivity contribution >= 4 is 11.9 Å². The second-order valence-corrected chi connectivity index (χ2v) is 3.02. The van der Waals surface area contributed by atoms with Crippen molar-refractivity contribution in [3.63, 3.8) is 0 Å². The number of hydrogen-bond acceptors (Lipinski definition) is 4. The van der Waals surface area contributed by atoms with Crippen LogP contribution in [0.15, 0.2) is 0 Å². The molecule has 0 unspecified atom stereocenters. The van der Waals surface area contributed by atoms with Crippen LogP contribution >= 0.6 is 0 Å². The molecule has 0 saturated carbocycles. The maximum Gasteiger partial charge on any atom is 0.335 e. The molecule has 74 valence electrons. The van der Waals surface area contributed by atoms with Crippen LogP contribution < -0.4 is 5.73 Å². The van der Waals surface area contributed by atoms with E-state index in [1.165, 1.54) is 6.92 Å². The molecule has 0 aromatic rings. The molecule has 3 atom stereocenters. The number of nitrogens with zero attached hydrogens (tertiary/aromatic N) is 1. The minimum Gasteiger partial charge on any atom is -0.479 e. The molecule has 6 nitrogen and oxygen atoms in total. The molecule has 13 heavy (non-hydrogen) atoms. The van der Waals surface area contributed by atoms with E-state index in [1.54, 1.807) is 6.92 Å². The van der Waals surface area contributed by atoms with Crippen LogP contribution in [-0.2, 0) is 14.4 Å². The predicted octanol–water partition coefficient (Wildman–Crippen LogP) is -1.05. The molecule has 0 radical (unpaired) electrons. The number of carboxylic acids is 1. The van der Waals surface area contributed by atoms with E-state index in [0.29, 0.717) is 0 Å². The van der Waals surface area contributed by atoms with Crippen molar-refractivity contribution < 1.29 is 19.5 Å². The van der Waals surface area contributed by atoms with E-state index in [0.717, 1.165) is 5.06 Å². The third-order valence-electron chi connectivity index (χ3n) is 2.01. The maximum absolute atomic E-state index is 11.0. The fourth-order valence-electron chi connectivity index (χ4n) is 0.981. The van der Waals surface area contributed by atoms with Crippen LogP contribution in [0.3, 0.4) is 0 Å². The summed E-state index contributed by atoms with van der Waals surface area (Å²) in [5.74, 6) is -1.49. The van der Waals surface area contributed by atoms with Gasteiger partial charge in [-0.2, -0.15) is 0 Å². The Kier molecular flexibility index (Phi) is 2.53. The van der Waals surface area contributed by atoms with Crippen LogP contribution in [0, 0.1) is 0 Å². The zero-order chi connectivity index (χ0) is 10.2. The third kappa shape index (κ3) is 1.63. The Balaban J connectivity index is 2.47. The number of nitrogens with two attached hydrogens (primary N) is 1. The van der Waals surface area contributed by atoms with Crippen LogP contribution in [0.2, 0.25) is 0 Å². The highest BCUT2D eigenvalue weighted by Crippen LogP contribution is 2.19. The second kappa shape index (κ2) is 3.31. The Morgan fingerprint density at radius 2 is 2.31 bits per heavy atom. The summed E-state index contributed by atoms with van der Waals surface area (Å²) < 4.78 is 0. The molecule has 3 N–H and O–H groups in total. The summed E-state index contributed by atoms with van der Waals surface area (Å²) >= 11 is 0. The Morgan fingerprint density at radius 1 is 1.77 bits per heavy atom. The van der Waals surface area contributed by atoms with Crippen LogP contribution in [0.5, 0.6) is 0 Å². The average molecular weight is 188 g/mol. The molecule has 1 amide bonds. The second-order valence-electron chi connectivity index (χ2n) is 3.02. The summed E-state index contributed by atoms with van der Waals surface area (Å²) in [6, 6.07) is -0.824. The van der Waals surface area contributed by atoms with Crippen molar-refractivity contribution in [2.24, 2.45) is 5.73 Å². The number of β-lactam (4-membered cyclic amide) rings is 1. The van der Waals surface area contributed by atoms with E-state index in [4.69, 9.17) is 15.7 Å². The molecule has 1 fully saturated rings. The van der Waals surface area contributed by atoms with E-state index in [-0.39, 0.29) is 11.9 Å². The molecular weight excluding hydrogens is 176 g/mol. The number of carboxylic acid groups (broad SMARTS) is 1. The van der Waals surface area contributed by atoms with Crippen molar-refractivity contribution in [3.8, 4) is 0 Å². The van der Waals surface area contributed by atoms with Crippen molar-refractivity contribution in [3.05, 3.63) is 0 Å². The SMILES string of the molecule is C[C@H](ON1C(=O)[C@@H](N)[C@@H]1C)C(=O)O. The molecule has 1 saturated heterocycles. The van der Waals surface area contributed by atoms with Gasteiger partial charge in [0.2, 0.25) is 0 Å². The fraction of sp³-hybridized carbons (Fsp3) is 0.714. The molecule has 1 heterocycles. The summed E-state index contributed by atoms with van der Waals surface area (Å²) in [5, 5.41) is 9.50. The van der Waals surface area contributed by atoms with Gasteiger partial charge in [0.15, 0.2) is 6.10 Å². The first-order valence-corrected chi connectivity index (χ1v) is 3.93. The van der Waals surface area contributed by atoms with Gasteiger partial charge in [-0.05, 0) is 13.8 Å². The first-order chi connectivity index (χ1) is 5.95. The predicted molar refractivity (Wildman–Crippen MR) is 42.5 cm³/mol. The number of amides is 1. The molecule has 0 bridgehead atoms. The van der Waals surface area contributed by atoms with Gasteiger partial charge in [-0.3, -0.25) is 9.63 Å². The van der Waals surface area contributed by atoms with Crippen LogP contribution in [-0.4, -0.2) is 40.2 Å². The minimum atomic E-state index is -1.11. The number of aliphatic carboxylic acids is 1. The van der Waals surface area contributed by atoms with Gasteiger partial charge in [0.1, 0.15) is 6.04 Å². The van der Waals surface area contributed by atoms with Crippen molar-refractivity contribution in [1.29, 1.82) is 0 Å². The molecule has 1 aliphatic heterocycles. The number of carbonyl (C=O) groups excluding carboxylic acids is 1. The summed E-state index contributed by atoms with van der Waals surface area (Å²) in [6.07, 6.45) is -1.03. The highest BCUT2D eigenvalue weighted by atomic mass is 16.7. The summed E-state index contributed by atoms with van der Waals surface area (Å²) in [7, 11) is 0. The summed E-state index contributed by atoms with van der Waals surface area (Å²) in [4.78, 5) is 26.2. The maximum atomic E-state index is 11.0. The van der Waals surface area contributed by atoms with Gasteiger partial charge in [0.25, 0.3) is 5.91 Å². The molecular formula is C7H12N2O4. The van der Waals surface area contributed by atoms with Gasteiger partial charge >= 0.3 is 5.97 Å². The van der Waals surface area contributed by atoms with Crippen molar-refractivity contribution in [2.45, 2.75) is 32.0 Å². The Labute approximate surface area is 75.2 Å². The number of hydroxylamine groups is 2. The van der Waals surface area contributed by atoms with Gasteiger partial charge in [0.05, 0.1) is 6.04 Å². The lowest BCUT2D eigenvalue weighted by molar-refractivity contribution is -0.247. The van der Waals surface area contributed by atoms with Gasteiger partial charge in [0, 0.05) is 0 Å². The van der Waals surface area contributed by atoms with E-state index >= 15 is 0 Å². The zero-order valence-corrected chi connectivity index (χ0v) is 7.43. The summed E-state index contributed by atoms with van der Waals surface area (Å²) in [5.41, 5.74) is 5.39. The lowest BCUT2D eigenvalue weighted by atomic mass is 10.0. The highest BCUT2D eigenvalue weighted by Gasteiger charge is 2.44. The molecule has 1 rings (SSSR count). The van der Waals surface area contributed by atoms with Crippen LogP contribution in [0.4, 0.5) is 0 Å². The topological polar surface area (TPSA) is 92.9 Å². The first kappa shape index (κ1) is 9.94. The highest BCUT2D eigenvalue weighted by molar-refractivity contribution is 5.88. The van der Waals surface area contributed by atoms with E-state index in [1.807, 2.05) is 0 Å². The van der Waals surface area contributed by atoms with Gasteiger partial charge in [-0.15, -0.1) is 0 Å². The fourth-order valence-corrected chi connectivity index (χ4v) is 0.981. The quantitative estimate of drug-likeness (QED) is 0.551. The normalized spacial score (nSPS) is 29.8. The number of hydrogen-bond donors (Lipinski definition) is 2. The monoisotopic (exact) mass is 188 g/mol. The van der Waals surface area contributed by atoms with Gasteiger partial charge in [-0.1, -0.05) is 0 Å². The Morgan fingerprint density at radius 3 is 2.69 bits per heavy atom. The van der Waals surface area contributed by atoms with Crippen LogP contribution in [0.1, 0.15) is 13.8 Å². The van der Waals surface area contributed by atoms with Crippen LogP contribution in [0.25, 0.3) is 0 Å². The molecule has 0 spiro atoms. The van der Waals surface area contributed by atoms with E-state index < -0.39 is 18.1 Å².